The zero-order valence-corrected chi connectivity index (χ0v) is 20.5. The van der Waals surface area contributed by atoms with E-state index in [1.54, 1.807) is 0 Å². The molecule has 2 aliphatic rings. The first-order valence-electron chi connectivity index (χ1n) is 12.2. The molecule has 8 heteroatoms. The number of benzene rings is 1. The molecule has 182 valence electrons. The van der Waals surface area contributed by atoms with Crippen molar-refractivity contribution in [3.05, 3.63) is 29.3 Å². The van der Waals surface area contributed by atoms with E-state index in [4.69, 9.17) is 4.74 Å². The quantitative estimate of drug-likeness (QED) is 0.252. The molecule has 7 nitrogen and oxygen atoms in total. The molecule has 1 N–H and O–H groups in total. The van der Waals surface area contributed by atoms with Crippen molar-refractivity contribution >= 4 is 30.0 Å². The van der Waals surface area contributed by atoms with Crippen molar-refractivity contribution < 1.29 is 19.1 Å². The second kappa shape index (κ2) is 13.7. The first kappa shape index (κ1) is 25.7. The molecule has 1 aromatic rings. The largest absolute Gasteiger partial charge is 0.379 e. The van der Waals surface area contributed by atoms with Gasteiger partial charge in [0.15, 0.2) is 0 Å². The Balaban J connectivity index is 1.32. The Labute approximate surface area is 201 Å². The maximum absolute atomic E-state index is 12.8. The average Bonchev–Trinajstić information content (AvgIpc) is 3.16. The van der Waals surface area contributed by atoms with Gasteiger partial charge in [-0.2, -0.15) is 0 Å². The summed E-state index contributed by atoms with van der Waals surface area (Å²) in [6, 6.07) is 6.08. The van der Waals surface area contributed by atoms with Gasteiger partial charge in [0.25, 0.3) is 5.91 Å². The van der Waals surface area contributed by atoms with E-state index in [0.29, 0.717) is 19.4 Å². The molecule has 3 amide bonds. The van der Waals surface area contributed by atoms with Gasteiger partial charge >= 0.3 is 0 Å². The van der Waals surface area contributed by atoms with E-state index in [9.17, 15) is 14.4 Å². The Hall–Kier alpha value is -1.90. The van der Waals surface area contributed by atoms with Gasteiger partial charge in [-0.3, -0.25) is 24.6 Å². The zero-order chi connectivity index (χ0) is 23.5. The Kier molecular flexibility index (Phi) is 10.7. The fraction of sp³-hybridized carbons (Fsp3) is 0.640. The summed E-state index contributed by atoms with van der Waals surface area (Å²) in [5, 5.41) is 2.15. The minimum atomic E-state index is -0.309. The van der Waals surface area contributed by atoms with Crippen molar-refractivity contribution in [1.29, 1.82) is 0 Å². The first-order chi connectivity index (χ1) is 16.1. The SMILES string of the molecule is CC(CCC(=O)NC=O)N1Cc2cc(SCCCCCCCN3CCOCC3)ccc2C1=O. The highest BCUT2D eigenvalue weighted by Gasteiger charge is 2.30. The molecule has 1 unspecified atom stereocenters. The fourth-order valence-corrected chi connectivity index (χ4v) is 5.36. The number of nitrogens with one attached hydrogen (secondary N) is 1. The van der Waals surface area contributed by atoms with E-state index < -0.39 is 0 Å². The van der Waals surface area contributed by atoms with Crippen LogP contribution in [0.4, 0.5) is 0 Å². The van der Waals surface area contributed by atoms with Gasteiger partial charge in [0.2, 0.25) is 12.3 Å². The lowest BCUT2D eigenvalue weighted by Crippen LogP contribution is -2.36. The zero-order valence-electron chi connectivity index (χ0n) is 19.7. The number of carbonyl (C=O) groups is 3. The Morgan fingerprint density at radius 2 is 1.94 bits per heavy atom. The lowest BCUT2D eigenvalue weighted by molar-refractivity contribution is -0.125. The van der Waals surface area contributed by atoms with Crippen molar-refractivity contribution in [3.63, 3.8) is 0 Å². The van der Waals surface area contributed by atoms with Crippen molar-refractivity contribution in [2.75, 3.05) is 38.6 Å². The number of imide groups is 1. The first-order valence-corrected chi connectivity index (χ1v) is 13.2. The van der Waals surface area contributed by atoms with E-state index in [1.165, 1.54) is 43.5 Å². The summed E-state index contributed by atoms with van der Waals surface area (Å²) in [5.74, 6) is 0.820. The molecule has 1 aromatic carbocycles. The maximum Gasteiger partial charge on any atom is 0.254 e. The minimum absolute atomic E-state index is 0.0296. The number of ether oxygens (including phenoxy) is 1. The Morgan fingerprint density at radius 3 is 2.73 bits per heavy atom. The summed E-state index contributed by atoms with van der Waals surface area (Å²) in [7, 11) is 0. The third-order valence-electron chi connectivity index (χ3n) is 6.44. The van der Waals surface area contributed by atoms with E-state index in [1.807, 2.05) is 29.7 Å². The number of unbranched alkanes of at least 4 members (excludes halogenated alkanes) is 4. The molecule has 0 radical (unpaired) electrons. The smallest absolute Gasteiger partial charge is 0.254 e. The second-order valence-electron chi connectivity index (χ2n) is 8.90. The third-order valence-corrected chi connectivity index (χ3v) is 7.52. The van der Waals surface area contributed by atoms with Crippen LogP contribution in [-0.2, 0) is 20.9 Å². The molecule has 0 saturated carbocycles. The monoisotopic (exact) mass is 475 g/mol. The number of amides is 3. The molecule has 2 heterocycles. The van der Waals surface area contributed by atoms with Gasteiger partial charge in [-0.15, -0.1) is 11.8 Å². The molecular weight excluding hydrogens is 438 g/mol. The van der Waals surface area contributed by atoms with Gasteiger partial charge in [0.05, 0.1) is 13.2 Å². The standard InChI is InChI=1S/C25H37N3O4S/c1-20(7-10-24(30)26-19-29)28-18-21-17-22(8-9-23(21)25(28)31)33-16-6-4-2-3-5-11-27-12-14-32-15-13-27/h8-9,17,19-20H,2-7,10-16,18H2,1H3,(H,26,29,30). The van der Waals surface area contributed by atoms with Gasteiger partial charge in [-0.05, 0) is 62.2 Å². The molecule has 0 bridgehead atoms. The van der Waals surface area contributed by atoms with E-state index in [-0.39, 0.29) is 24.3 Å². The van der Waals surface area contributed by atoms with Crippen LogP contribution in [0, 0.1) is 0 Å². The Bertz CT molecular complexity index is 798. The molecular formula is C25H37N3O4S. The summed E-state index contributed by atoms with van der Waals surface area (Å²) >= 11 is 1.87. The molecule has 0 spiro atoms. The highest BCUT2D eigenvalue weighted by atomic mass is 32.2. The van der Waals surface area contributed by atoms with Gasteiger partial charge in [0.1, 0.15) is 0 Å². The van der Waals surface area contributed by atoms with Crippen molar-refractivity contribution in [2.24, 2.45) is 0 Å². The predicted molar refractivity (Wildman–Crippen MR) is 130 cm³/mol. The number of hydrogen-bond donors (Lipinski definition) is 1. The number of hydrogen-bond acceptors (Lipinski definition) is 6. The van der Waals surface area contributed by atoms with Gasteiger partial charge < -0.3 is 9.64 Å². The van der Waals surface area contributed by atoms with Crippen LogP contribution in [0.25, 0.3) is 0 Å². The van der Waals surface area contributed by atoms with Crippen molar-refractivity contribution in [1.82, 2.24) is 15.1 Å². The van der Waals surface area contributed by atoms with Crippen LogP contribution < -0.4 is 5.32 Å². The van der Waals surface area contributed by atoms with Gasteiger partial charge in [-0.25, -0.2) is 0 Å². The number of fused-ring (bicyclic) bond motifs is 1. The predicted octanol–water partition coefficient (Wildman–Crippen LogP) is 3.46. The topological polar surface area (TPSA) is 79.0 Å². The molecule has 2 aliphatic heterocycles. The number of morpholine rings is 1. The highest BCUT2D eigenvalue weighted by Crippen LogP contribution is 2.30. The van der Waals surface area contributed by atoms with Crippen LogP contribution in [0.3, 0.4) is 0 Å². The number of thioether (sulfide) groups is 1. The van der Waals surface area contributed by atoms with Gasteiger partial charge in [-0.1, -0.05) is 19.3 Å². The van der Waals surface area contributed by atoms with E-state index in [0.717, 1.165) is 43.2 Å². The lowest BCUT2D eigenvalue weighted by atomic mass is 10.1. The van der Waals surface area contributed by atoms with Crippen LogP contribution in [-0.4, -0.2) is 72.7 Å². The summed E-state index contributed by atoms with van der Waals surface area (Å²) in [6.45, 7) is 7.67. The van der Waals surface area contributed by atoms with Crippen molar-refractivity contribution in [3.8, 4) is 0 Å². The van der Waals surface area contributed by atoms with Crippen LogP contribution >= 0.6 is 11.8 Å². The van der Waals surface area contributed by atoms with Crippen LogP contribution in [0.15, 0.2) is 23.1 Å². The number of carbonyl (C=O) groups excluding carboxylic acids is 3. The molecule has 1 atom stereocenters. The second-order valence-corrected chi connectivity index (χ2v) is 10.1. The molecule has 0 aliphatic carbocycles. The molecule has 0 aromatic heterocycles. The summed E-state index contributed by atoms with van der Waals surface area (Å²) < 4.78 is 5.39. The van der Waals surface area contributed by atoms with Crippen LogP contribution in [0.5, 0.6) is 0 Å². The normalized spacial score (nSPS) is 17.1. The molecule has 1 saturated heterocycles. The summed E-state index contributed by atoms with van der Waals surface area (Å²) in [5.41, 5.74) is 1.83. The molecule has 33 heavy (non-hydrogen) atoms. The summed E-state index contributed by atoms with van der Waals surface area (Å²) in [6.07, 6.45) is 7.52. The summed E-state index contributed by atoms with van der Waals surface area (Å²) in [4.78, 5) is 40.2. The lowest BCUT2D eigenvalue weighted by Gasteiger charge is -2.26. The minimum Gasteiger partial charge on any atom is -0.379 e. The van der Waals surface area contributed by atoms with Crippen LogP contribution in [0.2, 0.25) is 0 Å². The third kappa shape index (κ3) is 8.12. The average molecular weight is 476 g/mol. The number of nitrogens with zero attached hydrogens (tertiary/aromatic N) is 2. The Morgan fingerprint density at radius 1 is 1.18 bits per heavy atom. The molecule has 1 fully saturated rings. The fourth-order valence-electron chi connectivity index (χ4n) is 4.38. The molecule has 3 rings (SSSR count). The number of rotatable bonds is 14. The maximum atomic E-state index is 12.8. The van der Waals surface area contributed by atoms with Crippen molar-refractivity contribution in [2.45, 2.75) is 69.4 Å². The van der Waals surface area contributed by atoms with E-state index in [2.05, 4.69) is 22.3 Å². The van der Waals surface area contributed by atoms with Crippen LogP contribution in [0.1, 0.15) is 67.8 Å². The van der Waals surface area contributed by atoms with Gasteiger partial charge in [0, 0.05) is 42.6 Å². The highest BCUT2D eigenvalue weighted by molar-refractivity contribution is 7.99. The van der Waals surface area contributed by atoms with E-state index >= 15 is 0 Å².